The van der Waals surface area contributed by atoms with E-state index in [0.717, 1.165) is 36.1 Å². The van der Waals surface area contributed by atoms with E-state index < -0.39 is 18.8 Å². The predicted octanol–water partition coefficient (Wildman–Crippen LogP) is 3.83. The van der Waals surface area contributed by atoms with Gasteiger partial charge in [-0.15, -0.1) is 21.5 Å². The quantitative estimate of drug-likeness (QED) is 0.304. The molecule has 32 heavy (non-hydrogen) atoms. The topological polar surface area (TPSA) is 67.9 Å². The normalized spacial score (nSPS) is 14.6. The highest BCUT2D eigenvalue weighted by atomic mass is 32.1. The van der Waals surface area contributed by atoms with Gasteiger partial charge in [-0.3, -0.25) is 0 Å². The molecule has 1 aliphatic heterocycles. The monoisotopic (exact) mass is 462 g/mol. The van der Waals surface area contributed by atoms with E-state index >= 15 is 0 Å². The molecule has 7 nitrogen and oxygen atoms in total. The summed E-state index contributed by atoms with van der Waals surface area (Å²) in [5, 5.41) is 15.2. The van der Waals surface area contributed by atoms with Gasteiger partial charge in [-0.1, -0.05) is 11.3 Å². The molecule has 0 saturated heterocycles. The fourth-order valence-electron chi connectivity index (χ4n) is 3.42. The molecule has 11 heteroatoms. The van der Waals surface area contributed by atoms with Crippen molar-refractivity contribution in [2.24, 2.45) is 10.2 Å². The van der Waals surface area contributed by atoms with Gasteiger partial charge in [0.1, 0.15) is 11.5 Å². The Balaban J connectivity index is 1.49. The number of rotatable bonds is 7. The fourth-order valence-corrected chi connectivity index (χ4v) is 4.66. The van der Waals surface area contributed by atoms with Crippen molar-refractivity contribution in [3.8, 4) is 10.6 Å². The number of alkyl halides is 2. The zero-order valence-corrected chi connectivity index (χ0v) is 18.2. The summed E-state index contributed by atoms with van der Waals surface area (Å²) in [6, 6.07) is 6.36. The van der Waals surface area contributed by atoms with Gasteiger partial charge in [-0.05, 0) is 37.2 Å². The van der Waals surface area contributed by atoms with E-state index in [-0.39, 0.29) is 18.0 Å². The molecule has 1 aromatic carbocycles. The number of aromatic nitrogens is 3. The standard InChI is InChI=1S/C21H21F3N6OS/c1-25-27-21(31-12-20(23)24)14-3-4-15(16(22)7-14)9-30-10-17(26-28-30)18-8-13-5-6-29(2)11-19(13)32-18/h3-4,7-8,10,20H,1,5-6,9,11-12H2,2H3/b27-21-. The molecule has 0 spiro atoms. The maximum absolute atomic E-state index is 14.7. The molecule has 0 saturated carbocycles. The van der Waals surface area contributed by atoms with Gasteiger partial charge in [0, 0.05) is 35.8 Å². The van der Waals surface area contributed by atoms with Crippen LogP contribution >= 0.6 is 11.3 Å². The average molecular weight is 463 g/mol. The van der Waals surface area contributed by atoms with Crippen molar-refractivity contribution in [1.29, 1.82) is 0 Å². The van der Waals surface area contributed by atoms with Gasteiger partial charge in [0.25, 0.3) is 6.43 Å². The summed E-state index contributed by atoms with van der Waals surface area (Å²) in [5.41, 5.74) is 2.64. The number of nitrogens with zero attached hydrogens (tertiary/aromatic N) is 6. The van der Waals surface area contributed by atoms with Crippen molar-refractivity contribution in [1.82, 2.24) is 19.9 Å². The summed E-state index contributed by atoms with van der Waals surface area (Å²) >= 11 is 1.71. The molecule has 168 valence electrons. The van der Waals surface area contributed by atoms with Crippen molar-refractivity contribution < 1.29 is 17.9 Å². The molecule has 0 aliphatic carbocycles. The Morgan fingerprint density at radius 1 is 1.34 bits per heavy atom. The Morgan fingerprint density at radius 3 is 2.94 bits per heavy atom. The average Bonchev–Trinajstić information content (AvgIpc) is 3.39. The first-order valence-electron chi connectivity index (χ1n) is 9.87. The molecule has 0 N–H and O–H groups in total. The van der Waals surface area contributed by atoms with Gasteiger partial charge in [-0.25, -0.2) is 17.9 Å². The van der Waals surface area contributed by atoms with Gasteiger partial charge in [0.2, 0.25) is 5.90 Å². The predicted molar refractivity (Wildman–Crippen MR) is 117 cm³/mol. The number of hydrogen-bond acceptors (Lipinski definition) is 7. The van der Waals surface area contributed by atoms with E-state index in [4.69, 9.17) is 4.74 Å². The zero-order valence-electron chi connectivity index (χ0n) is 17.3. The number of benzene rings is 1. The highest BCUT2D eigenvalue weighted by Gasteiger charge is 2.19. The largest absolute Gasteiger partial charge is 0.470 e. The molecule has 0 radical (unpaired) electrons. The highest BCUT2D eigenvalue weighted by molar-refractivity contribution is 7.15. The molecular weight excluding hydrogens is 441 g/mol. The summed E-state index contributed by atoms with van der Waals surface area (Å²) in [6.07, 6.45) is 0.113. The molecule has 0 unspecified atom stereocenters. The van der Waals surface area contributed by atoms with Crippen LogP contribution in [0.25, 0.3) is 10.6 Å². The van der Waals surface area contributed by atoms with E-state index in [9.17, 15) is 13.2 Å². The molecule has 0 atom stereocenters. The summed E-state index contributed by atoms with van der Waals surface area (Å²) in [7, 11) is 2.10. The number of ether oxygens (including phenoxy) is 1. The van der Waals surface area contributed by atoms with Crippen molar-refractivity contribution in [3.63, 3.8) is 0 Å². The smallest absolute Gasteiger partial charge is 0.272 e. The molecule has 1 aliphatic rings. The van der Waals surface area contributed by atoms with Crippen LogP contribution in [0.1, 0.15) is 21.6 Å². The summed E-state index contributed by atoms with van der Waals surface area (Å²) < 4.78 is 46.0. The number of halogens is 3. The van der Waals surface area contributed by atoms with Gasteiger partial charge in [0.15, 0.2) is 6.61 Å². The lowest BCUT2D eigenvalue weighted by Gasteiger charge is -2.21. The van der Waals surface area contributed by atoms with Gasteiger partial charge < -0.3 is 9.64 Å². The van der Waals surface area contributed by atoms with E-state index in [0.29, 0.717) is 5.56 Å². The van der Waals surface area contributed by atoms with E-state index in [2.05, 4.69) is 45.2 Å². The Bertz CT molecular complexity index is 1140. The number of likely N-dealkylation sites (N-methyl/N-ethyl adjacent to an activating group) is 1. The lowest BCUT2D eigenvalue weighted by atomic mass is 10.1. The molecule has 0 fully saturated rings. The molecule has 3 aromatic rings. The Labute approximate surface area is 186 Å². The van der Waals surface area contributed by atoms with Crippen LogP contribution < -0.4 is 0 Å². The van der Waals surface area contributed by atoms with Crippen LogP contribution in [0.2, 0.25) is 0 Å². The number of fused-ring (bicyclic) bond motifs is 1. The number of thiophene rings is 1. The second-order valence-corrected chi connectivity index (χ2v) is 8.54. The second-order valence-electron chi connectivity index (χ2n) is 7.40. The first-order chi connectivity index (χ1) is 15.4. The molecule has 0 bridgehead atoms. The molecule has 2 aromatic heterocycles. The van der Waals surface area contributed by atoms with Crippen LogP contribution in [0.15, 0.2) is 40.7 Å². The van der Waals surface area contributed by atoms with Gasteiger partial charge in [-0.2, -0.15) is 5.10 Å². The Kier molecular flexibility index (Phi) is 6.66. The van der Waals surface area contributed by atoms with Crippen molar-refractivity contribution in [2.75, 3.05) is 20.2 Å². The minimum Gasteiger partial charge on any atom is -0.470 e. The van der Waals surface area contributed by atoms with Crippen LogP contribution in [0, 0.1) is 5.82 Å². The van der Waals surface area contributed by atoms with Crippen LogP contribution in [-0.2, 0) is 24.2 Å². The van der Waals surface area contributed by atoms with Gasteiger partial charge >= 0.3 is 0 Å². The maximum atomic E-state index is 14.7. The third-order valence-electron chi connectivity index (χ3n) is 5.00. The lowest BCUT2D eigenvalue weighted by molar-refractivity contribution is 0.0765. The van der Waals surface area contributed by atoms with Crippen LogP contribution in [-0.4, -0.2) is 59.1 Å². The van der Waals surface area contributed by atoms with Crippen molar-refractivity contribution in [3.05, 3.63) is 57.8 Å². The Hall–Kier alpha value is -3.05. The SMILES string of the molecule is C=N/N=C(\OCC(F)F)c1ccc(Cn2cc(-c3cc4c(s3)CN(C)CC4)nn2)c(F)c1. The first-order valence-corrected chi connectivity index (χ1v) is 10.7. The lowest BCUT2D eigenvalue weighted by Crippen LogP contribution is -2.24. The van der Waals surface area contributed by atoms with E-state index in [1.54, 1.807) is 22.2 Å². The van der Waals surface area contributed by atoms with Crippen LogP contribution in [0.3, 0.4) is 0 Å². The van der Waals surface area contributed by atoms with Crippen LogP contribution in [0.4, 0.5) is 13.2 Å². The third kappa shape index (κ3) is 5.05. The number of hydrogen-bond donors (Lipinski definition) is 0. The van der Waals surface area contributed by atoms with E-state index in [1.165, 1.54) is 22.6 Å². The maximum Gasteiger partial charge on any atom is 0.272 e. The summed E-state index contributed by atoms with van der Waals surface area (Å²) in [5.74, 6) is -0.771. The third-order valence-corrected chi connectivity index (χ3v) is 6.19. The highest BCUT2D eigenvalue weighted by Crippen LogP contribution is 2.33. The summed E-state index contributed by atoms with van der Waals surface area (Å²) in [4.78, 5) is 4.66. The second kappa shape index (κ2) is 9.61. The van der Waals surface area contributed by atoms with Crippen LogP contribution in [0.5, 0.6) is 0 Å². The Morgan fingerprint density at radius 2 is 2.19 bits per heavy atom. The molecule has 3 heterocycles. The van der Waals surface area contributed by atoms with Crippen molar-refractivity contribution >= 4 is 24.0 Å². The zero-order chi connectivity index (χ0) is 22.7. The van der Waals surface area contributed by atoms with E-state index in [1.807, 2.05) is 0 Å². The molecular formula is C21H21F3N6OS. The first kappa shape index (κ1) is 22.2. The minimum absolute atomic E-state index is 0.164. The molecule has 0 amide bonds. The van der Waals surface area contributed by atoms with Gasteiger partial charge in [0.05, 0.1) is 17.6 Å². The minimum atomic E-state index is -2.69. The fraction of sp³-hybridized carbons (Fsp3) is 0.333. The molecule has 4 rings (SSSR count). The van der Waals surface area contributed by atoms with Crippen molar-refractivity contribution in [2.45, 2.75) is 25.9 Å². The summed E-state index contributed by atoms with van der Waals surface area (Å²) in [6.45, 7) is 4.44.